The number of ether oxygens (including phenoxy) is 3. The Morgan fingerprint density at radius 2 is 2.24 bits per heavy atom. The number of methoxy groups -OCH3 is 1. The number of rotatable bonds is 7. The van der Waals surface area contributed by atoms with Gasteiger partial charge in [-0.2, -0.15) is 0 Å². The summed E-state index contributed by atoms with van der Waals surface area (Å²) < 4.78 is 16.9. The molecule has 1 aliphatic rings. The Morgan fingerprint density at radius 1 is 1.38 bits per heavy atom. The maximum Gasteiger partial charge on any atom is 0.179 e. The fourth-order valence-electron chi connectivity index (χ4n) is 2.40. The minimum atomic E-state index is 0.154. The molecule has 0 spiro atoms. The van der Waals surface area contributed by atoms with Crippen molar-refractivity contribution in [2.45, 2.75) is 38.8 Å². The highest BCUT2D eigenvalue weighted by molar-refractivity contribution is 6.32. The minimum absolute atomic E-state index is 0.154. The van der Waals surface area contributed by atoms with E-state index in [9.17, 15) is 0 Å². The zero-order valence-electron chi connectivity index (χ0n) is 12.8. The van der Waals surface area contributed by atoms with Crippen LogP contribution in [-0.4, -0.2) is 33.0 Å². The largest absolute Gasteiger partial charge is 0.493 e. The van der Waals surface area contributed by atoms with Crippen LogP contribution in [-0.2, 0) is 11.3 Å². The van der Waals surface area contributed by atoms with Gasteiger partial charge in [-0.3, -0.25) is 0 Å². The van der Waals surface area contributed by atoms with Gasteiger partial charge in [0, 0.05) is 13.2 Å². The average Bonchev–Trinajstić information content (AvgIpc) is 2.52. The summed E-state index contributed by atoms with van der Waals surface area (Å²) in [5.74, 6) is 1.28. The minimum Gasteiger partial charge on any atom is -0.493 e. The van der Waals surface area contributed by atoms with Crippen molar-refractivity contribution in [2.75, 3.05) is 26.9 Å². The predicted molar refractivity (Wildman–Crippen MR) is 84.5 cm³/mol. The molecule has 0 radical (unpaired) electrons. The highest BCUT2D eigenvalue weighted by atomic mass is 35.5. The molecule has 5 heteroatoms. The lowest BCUT2D eigenvalue weighted by molar-refractivity contribution is -0.0114. The van der Waals surface area contributed by atoms with Crippen molar-refractivity contribution in [3.8, 4) is 11.5 Å². The molecule has 1 fully saturated rings. The molecule has 1 aromatic carbocycles. The Morgan fingerprint density at radius 3 is 2.90 bits per heavy atom. The molecule has 118 valence electrons. The Kier molecular flexibility index (Phi) is 6.61. The molecule has 21 heavy (non-hydrogen) atoms. The molecule has 1 heterocycles. The fraction of sp³-hybridized carbons (Fsp3) is 0.625. The van der Waals surface area contributed by atoms with Crippen LogP contribution >= 0.6 is 11.6 Å². The molecule has 1 N–H and O–H groups in total. The van der Waals surface area contributed by atoms with Gasteiger partial charge in [-0.15, -0.1) is 0 Å². The van der Waals surface area contributed by atoms with Gasteiger partial charge in [0.2, 0.25) is 0 Å². The van der Waals surface area contributed by atoms with E-state index in [0.29, 0.717) is 23.1 Å². The highest BCUT2D eigenvalue weighted by Gasteiger charge is 2.17. The molecule has 2 rings (SSSR count). The number of hydrogen-bond donors (Lipinski definition) is 1. The van der Waals surface area contributed by atoms with Crippen molar-refractivity contribution in [1.82, 2.24) is 5.32 Å². The maximum atomic E-state index is 6.34. The molecular weight excluding hydrogens is 290 g/mol. The monoisotopic (exact) mass is 313 g/mol. The van der Waals surface area contributed by atoms with E-state index in [1.807, 2.05) is 12.1 Å². The van der Waals surface area contributed by atoms with Gasteiger partial charge in [0.1, 0.15) is 6.61 Å². The summed E-state index contributed by atoms with van der Waals surface area (Å²) in [6, 6.07) is 3.88. The van der Waals surface area contributed by atoms with Gasteiger partial charge in [0.25, 0.3) is 0 Å². The van der Waals surface area contributed by atoms with Crippen LogP contribution in [0.2, 0.25) is 5.02 Å². The number of benzene rings is 1. The van der Waals surface area contributed by atoms with Crippen molar-refractivity contribution < 1.29 is 14.2 Å². The molecule has 0 aliphatic carbocycles. The van der Waals surface area contributed by atoms with Crippen molar-refractivity contribution in [3.63, 3.8) is 0 Å². The van der Waals surface area contributed by atoms with Crippen molar-refractivity contribution >= 4 is 11.6 Å². The summed E-state index contributed by atoms with van der Waals surface area (Å²) in [5, 5.41) is 3.85. The Balaban J connectivity index is 2.03. The van der Waals surface area contributed by atoms with Crippen LogP contribution in [0, 0.1) is 0 Å². The van der Waals surface area contributed by atoms with Gasteiger partial charge in [0.05, 0.1) is 18.2 Å². The SMILES string of the molecule is CCNCc1cc(Cl)c(OCC2CCCCO2)c(OC)c1. The average molecular weight is 314 g/mol. The second-order valence-electron chi connectivity index (χ2n) is 5.19. The lowest BCUT2D eigenvalue weighted by Gasteiger charge is -2.23. The molecule has 1 saturated heterocycles. The standard InChI is InChI=1S/C16H24ClNO3/c1-3-18-10-12-8-14(17)16(15(9-12)19-2)21-11-13-6-4-5-7-20-13/h8-9,13,18H,3-7,10-11H2,1-2H3. The van der Waals surface area contributed by atoms with Crippen molar-refractivity contribution in [2.24, 2.45) is 0 Å². The summed E-state index contributed by atoms with van der Waals surface area (Å²) >= 11 is 6.34. The molecule has 0 aromatic heterocycles. The summed E-state index contributed by atoms with van der Waals surface area (Å²) in [6.07, 6.45) is 3.53. The van der Waals surface area contributed by atoms with Crippen molar-refractivity contribution in [1.29, 1.82) is 0 Å². The molecule has 1 aliphatic heterocycles. The van der Waals surface area contributed by atoms with E-state index in [2.05, 4.69) is 12.2 Å². The van der Waals surface area contributed by atoms with E-state index >= 15 is 0 Å². The third kappa shape index (κ3) is 4.77. The van der Waals surface area contributed by atoms with Gasteiger partial charge in [-0.25, -0.2) is 0 Å². The first-order valence-corrected chi connectivity index (χ1v) is 7.94. The zero-order valence-corrected chi connectivity index (χ0v) is 13.5. The fourth-order valence-corrected chi connectivity index (χ4v) is 2.69. The first kappa shape index (κ1) is 16.4. The maximum absolute atomic E-state index is 6.34. The number of hydrogen-bond acceptors (Lipinski definition) is 4. The summed E-state index contributed by atoms with van der Waals surface area (Å²) in [5.41, 5.74) is 1.08. The second kappa shape index (κ2) is 8.47. The molecule has 1 aromatic rings. The second-order valence-corrected chi connectivity index (χ2v) is 5.60. The van der Waals surface area contributed by atoms with E-state index in [0.717, 1.165) is 38.1 Å². The smallest absolute Gasteiger partial charge is 0.179 e. The van der Waals surface area contributed by atoms with Crippen LogP contribution in [0.15, 0.2) is 12.1 Å². The van der Waals surface area contributed by atoms with E-state index in [-0.39, 0.29) is 6.10 Å². The molecule has 0 bridgehead atoms. The Hall–Kier alpha value is -0.970. The third-order valence-corrected chi connectivity index (χ3v) is 3.84. The van der Waals surface area contributed by atoms with E-state index in [1.54, 1.807) is 7.11 Å². The van der Waals surface area contributed by atoms with E-state index in [1.165, 1.54) is 6.42 Å². The summed E-state index contributed by atoms with van der Waals surface area (Å²) in [6.45, 7) is 5.08. The number of nitrogens with one attached hydrogen (secondary N) is 1. The molecule has 1 unspecified atom stereocenters. The molecule has 1 atom stereocenters. The van der Waals surface area contributed by atoms with Crippen LogP contribution in [0.1, 0.15) is 31.7 Å². The van der Waals surface area contributed by atoms with E-state index in [4.69, 9.17) is 25.8 Å². The van der Waals surface area contributed by atoms with Crippen molar-refractivity contribution in [3.05, 3.63) is 22.7 Å². The van der Waals surface area contributed by atoms with Crippen LogP contribution in [0.5, 0.6) is 11.5 Å². The summed E-state index contributed by atoms with van der Waals surface area (Å²) in [7, 11) is 1.63. The van der Waals surface area contributed by atoms with Crippen LogP contribution in [0.3, 0.4) is 0 Å². The molecular formula is C16H24ClNO3. The summed E-state index contributed by atoms with van der Waals surface area (Å²) in [4.78, 5) is 0. The lowest BCUT2D eigenvalue weighted by atomic mass is 10.1. The molecule has 0 saturated carbocycles. The van der Waals surface area contributed by atoms with Crippen LogP contribution in [0.25, 0.3) is 0 Å². The van der Waals surface area contributed by atoms with Crippen LogP contribution in [0.4, 0.5) is 0 Å². The highest BCUT2D eigenvalue weighted by Crippen LogP contribution is 2.36. The quantitative estimate of drug-likeness (QED) is 0.837. The van der Waals surface area contributed by atoms with Gasteiger partial charge in [-0.1, -0.05) is 18.5 Å². The Bertz CT molecular complexity index is 447. The van der Waals surface area contributed by atoms with Gasteiger partial charge in [0.15, 0.2) is 11.5 Å². The predicted octanol–water partition coefficient (Wildman–Crippen LogP) is 3.41. The molecule has 4 nitrogen and oxygen atoms in total. The third-order valence-electron chi connectivity index (χ3n) is 3.56. The van der Waals surface area contributed by atoms with Gasteiger partial charge >= 0.3 is 0 Å². The number of halogens is 1. The van der Waals surface area contributed by atoms with Crippen LogP contribution < -0.4 is 14.8 Å². The molecule has 0 amide bonds. The Labute approximate surface area is 131 Å². The van der Waals surface area contributed by atoms with Gasteiger partial charge in [-0.05, 0) is 43.5 Å². The first-order valence-electron chi connectivity index (χ1n) is 7.56. The topological polar surface area (TPSA) is 39.7 Å². The first-order chi connectivity index (χ1) is 10.2. The van der Waals surface area contributed by atoms with Gasteiger partial charge < -0.3 is 19.5 Å². The van der Waals surface area contributed by atoms with E-state index < -0.39 is 0 Å². The normalized spacial score (nSPS) is 18.5. The lowest BCUT2D eigenvalue weighted by Crippen LogP contribution is -2.26. The zero-order chi connectivity index (χ0) is 15.1.